The van der Waals surface area contributed by atoms with Gasteiger partial charge in [-0.15, -0.1) is 0 Å². The van der Waals surface area contributed by atoms with Crippen LogP contribution in [0.1, 0.15) is 19.3 Å². The molecule has 124 valence electrons. The van der Waals surface area contributed by atoms with Crippen molar-refractivity contribution in [3.63, 3.8) is 0 Å². The Bertz CT molecular complexity index is 858. The number of nitrogens with one attached hydrogen (secondary N) is 2. The second-order valence-electron chi connectivity index (χ2n) is 5.33. The fourth-order valence-electron chi connectivity index (χ4n) is 2.12. The highest BCUT2D eigenvalue weighted by Gasteiger charge is 2.14. The Hall–Kier alpha value is -2.96. The molecule has 1 amide bonds. The van der Waals surface area contributed by atoms with Gasteiger partial charge in [-0.1, -0.05) is 19.3 Å². The molecule has 0 spiro atoms. The van der Waals surface area contributed by atoms with E-state index in [0.717, 1.165) is 0 Å². The van der Waals surface area contributed by atoms with Gasteiger partial charge < -0.3 is 10.1 Å². The van der Waals surface area contributed by atoms with Crippen LogP contribution in [0.4, 0.5) is 10.2 Å². The molecular formula is C17H17FN4O2. The molecule has 0 aliphatic heterocycles. The van der Waals surface area contributed by atoms with Crippen LogP contribution in [0.2, 0.25) is 0 Å². The molecule has 2 heterocycles. The molecule has 3 aromatic rings. The van der Waals surface area contributed by atoms with E-state index in [-0.39, 0.29) is 5.82 Å². The van der Waals surface area contributed by atoms with Crippen LogP contribution < -0.4 is 10.1 Å². The topological polar surface area (TPSA) is 79.9 Å². The zero-order valence-corrected chi connectivity index (χ0v) is 13.2. The lowest BCUT2D eigenvalue weighted by atomic mass is 10.1. The van der Waals surface area contributed by atoms with Crippen LogP contribution in [0.5, 0.6) is 5.75 Å². The summed E-state index contributed by atoms with van der Waals surface area (Å²) in [7, 11) is 1.51. The number of aromatic amines is 1. The molecule has 0 radical (unpaired) electrons. The van der Waals surface area contributed by atoms with E-state index >= 15 is 0 Å². The molecule has 24 heavy (non-hydrogen) atoms. The first-order valence-electron chi connectivity index (χ1n) is 7.62. The van der Waals surface area contributed by atoms with Gasteiger partial charge in [-0.25, -0.2) is 9.37 Å². The molecule has 1 aliphatic rings. The molecule has 1 aliphatic carbocycles. The summed E-state index contributed by atoms with van der Waals surface area (Å²) in [5.74, 6) is 0.541. The lowest BCUT2D eigenvalue weighted by molar-refractivity contribution is -0.105. The highest BCUT2D eigenvalue weighted by Crippen LogP contribution is 2.33. The van der Waals surface area contributed by atoms with Gasteiger partial charge in [-0.3, -0.25) is 9.89 Å². The monoisotopic (exact) mass is 328 g/mol. The smallest absolute Gasteiger partial charge is 0.212 e. The van der Waals surface area contributed by atoms with E-state index in [1.54, 1.807) is 18.2 Å². The first kappa shape index (κ1) is 15.9. The summed E-state index contributed by atoms with van der Waals surface area (Å²) in [6.07, 6.45) is 5.04. The van der Waals surface area contributed by atoms with E-state index < -0.39 is 0 Å². The van der Waals surface area contributed by atoms with Crippen molar-refractivity contribution in [3.8, 4) is 17.0 Å². The molecule has 1 saturated carbocycles. The predicted molar refractivity (Wildman–Crippen MR) is 89.4 cm³/mol. The molecule has 1 aromatic carbocycles. The fourth-order valence-corrected chi connectivity index (χ4v) is 2.12. The number of benzene rings is 1. The van der Waals surface area contributed by atoms with E-state index in [1.165, 1.54) is 38.5 Å². The summed E-state index contributed by atoms with van der Waals surface area (Å²) in [5.41, 5.74) is 1.58. The van der Waals surface area contributed by atoms with Gasteiger partial charge in [0, 0.05) is 10.9 Å². The SMILES string of the molecule is C1CC1.COc1ccc(F)cc1-c1[nH]nc2nc(NC=O)ccc12. The molecule has 2 aromatic heterocycles. The van der Waals surface area contributed by atoms with Crippen molar-refractivity contribution in [3.05, 3.63) is 36.1 Å². The minimum Gasteiger partial charge on any atom is -0.496 e. The number of fused-ring (bicyclic) bond motifs is 1. The summed E-state index contributed by atoms with van der Waals surface area (Å²) in [6, 6.07) is 7.63. The summed E-state index contributed by atoms with van der Waals surface area (Å²) in [4.78, 5) is 14.6. The van der Waals surface area contributed by atoms with E-state index in [9.17, 15) is 9.18 Å². The summed E-state index contributed by atoms with van der Waals surface area (Å²) in [5, 5.41) is 10.1. The van der Waals surface area contributed by atoms with Crippen molar-refractivity contribution in [1.29, 1.82) is 0 Å². The molecule has 1 fully saturated rings. The van der Waals surface area contributed by atoms with Crippen molar-refractivity contribution in [2.45, 2.75) is 19.3 Å². The maximum Gasteiger partial charge on any atom is 0.212 e. The summed E-state index contributed by atoms with van der Waals surface area (Å²) < 4.78 is 18.7. The Morgan fingerprint density at radius 3 is 2.71 bits per heavy atom. The molecule has 7 heteroatoms. The summed E-state index contributed by atoms with van der Waals surface area (Å²) in [6.45, 7) is 0. The van der Waals surface area contributed by atoms with E-state index in [2.05, 4.69) is 20.5 Å². The Kier molecular flexibility index (Phi) is 4.69. The molecule has 0 unspecified atom stereocenters. The largest absolute Gasteiger partial charge is 0.496 e. The third-order valence-corrected chi connectivity index (χ3v) is 3.41. The second-order valence-corrected chi connectivity index (χ2v) is 5.33. The molecule has 6 nitrogen and oxygen atoms in total. The van der Waals surface area contributed by atoms with Gasteiger partial charge >= 0.3 is 0 Å². The lowest BCUT2D eigenvalue weighted by Crippen LogP contribution is -1.96. The normalized spacial score (nSPS) is 12.2. The van der Waals surface area contributed by atoms with Gasteiger partial charge in [0.05, 0.1) is 12.8 Å². The molecule has 4 rings (SSSR count). The molecular weight excluding hydrogens is 311 g/mol. The van der Waals surface area contributed by atoms with Gasteiger partial charge in [0.15, 0.2) is 5.65 Å². The van der Waals surface area contributed by atoms with Crippen LogP contribution in [0.3, 0.4) is 0 Å². The quantitative estimate of drug-likeness (QED) is 0.718. The standard InChI is InChI=1S/C14H11FN4O2.C3H6/c1-21-11-4-2-8(15)6-10(11)13-9-3-5-12(16-7-20)17-14(9)19-18-13;1-2-3-1/h2-7H,1H3,(H2,16,17,18,19,20);1-3H2. The number of aromatic nitrogens is 3. The molecule has 0 bridgehead atoms. The van der Waals surface area contributed by atoms with E-state index in [1.807, 2.05) is 0 Å². The number of pyridine rings is 1. The number of halogens is 1. The third kappa shape index (κ3) is 3.51. The number of nitrogens with zero attached hydrogens (tertiary/aromatic N) is 2. The molecule has 0 atom stereocenters. The van der Waals surface area contributed by atoms with Gasteiger partial charge in [-0.2, -0.15) is 5.10 Å². The number of amides is 1. The van der Waals surface area contributed by atoms with Gasteiger partial charge in [-0.05, 0) is 30.3 Å². The van der Waals surface area contributed by atoms with Crippen molar-refractivity contribution in [2.24, 2.45) is 0 Å². The average Bonchev–Trinajstić information content (AvgIpc) is 3.42. The predicted octanol–water partition coefficient (Wildman–Crippen LogP) is 3.51. The number of methoxy groups -OCH3 is 1. The van der Waals surface area contributed by atoms with Gasteiger partial charge in [0.1, 0.15) is 17.4 Å². The van der Waals surface area contributed by atoms with Gasteiger partial charge in [0.2, 0.25) is 6.41 Å². The molecule has 0 saturated heterocycles. The zero-order chi connectivity index (χ0) is 16.9. The fraction of sp³-hybridized carbons (Fsp3) is 0.235. The second kappa shape index (κ2) is 7.08. The number of H-pyrrole nitrogens is 1. The number of rotatable bonds is 4. The van der Waals surface area contributed by atoms with E-state index in [4.69, 9.17) is 4.74 Å². The minimum absolute atomic E-state index is 0.374. The van der Waals surface area contributed by atoms with Gasteiger partial charge in [0.25, 0.3) is 0 Å². The van der Waals surface area contributed by atoms with Crippen LogP contribution >= 0.6 is 0 Å². The summed E-state index contributed by atoms with van der Waals surface area (Å²) >= 11 is 0. The van der Waals surface area contributed by atoms with Crippen molar-refractivity contribution in [2.75, 3.05) is 12.4 Å². The maximum atomic E-state index is 13.5. The number of anilines is 1. The van der Waals surface area contributed by atoms with Crippen LogP contribution in [-0.2, 0) is 4.79 Å². The number of carbonyl (C=O) groups is 1. The molecule has 2 N–H and O–H groups in total. The number of carbonyl (C=O) groups excluding carboxylic acids is 1. The highest BCUT2D eigenvalue weighted by molar-refractivity contribution is 5.93. The lowest BCUT2D eigenvalue weighted by Gasteiger charge is -2.07. The van der Waals surface area contributed by atoms with Crippen molar-refractivity contribution < 1.29 is 13.9 Å². The van der Waals surface area contributed by atoms with Crippen LogP contribution in [0.25, 0.3) is 22.3 Å². The Morgan fingerprint density at radius 2 is 2.04 bits per heavy atom. The number of hydrogen-bond acceptors (Lipinski definition) is 4. The highest BCUT2D eigenvalue weighted by atomic mass is 19.1. The first-order valence-corrected chi connectivity index (χ1v) is 7.62. The zero-order valence-electron chi connectivity index (χ0n) is 13.2. The Labute approximate surface area is 138 Å². The first-order chi connectivity index (χ1) is 11.7. The Balaban J connectivity index is 0.000000508. The number of hydrogen-bond donors (Lipinski definition) is 2. The minimum atomic E-state index is -0.374. The maximum absolute atomic E-state index is 13.5. The van der Waals surface area contributed by atoms with Crippen LogP contribution in [0.15, 0.2) is 30.3 Å². The van der Waals surface area contributed by atoms with Crippen molar-refractivity contribution >= 4 is 23.3 Å². The third-order valence-electron chi connectivity index (χ3n) is 3.41. The van der Waals surface area contributed by atoms with Crippen LogP contribution in [0, 0.1) is 5.82 Å². The number of ether oxygens (including phenoxy) is 1. The Morgan fingerprint density at radius 1 is 1.25 bits per heavy atom. The van der Waals surface area contributed by atoms with Crippen molar-refractivity contribution in [1.82, 2.24) is 15.2 Å². The van der Waals surface area contributed by atoms with E-state index in [0.29, 0.717) is 40.3 Å². The van der Waals surface area contributed by atoms with Crippen LogP contribution in [-0.4, -0.2) is 28.7 Å². The average molecular weight is 328 g/mol.